The summed E-state index contributed by atoms with van der Waals surface area (Å²) in [5, 5.41) is 12.3. The Morgan fingerprint density at radius 3 is 2.80 bits per heavy atom. The number of ether oxygens (including phenoxy) is 1. The highest BCUT2D eigenvalue weighted by molar-refractivity contribution is 7.99. The Hall–Kier alpha value is -2.39. The van der Waals surface area contributed by atoms with Crippen LogP contribution in [0.5, 0.6) is 0 Å². The molecule has 0 saturated carbocycles. The number of carbonyl (C=O) groups is 2. The fourth-order valence-corrected chi connectivity index (χ4v) is 4.73. The van der Waals surface area contributed by atoms with Crippen LogP contribution in [-0.4, -0.2) is 58.1 Å². The Bertz CT molecular complexity index is 893. The van der Waals surface area contributed by atoms with Gasteiger partial charge in [-0.15, -0.1) is 10.2 Å². The highest BCUT2D eigenvalue weighted by atomic mass is 32.2. The lowest BCUT2D eigenvalue weighted by Gasteiger charge is -2.15. The largest absolute Gasteiger partial charge is 0.377 e. The van der Waals surface area contributed by atoms with Crippen LogP contribution in [-0.2, 0) is 23.0 Å². The molecular weight excluding hydrogens is 402 g/mol. The maximum absolute atomic E-state index is 12.4. The summed E-state index contributed by atoms with van der Waals surface area (Å²) >= 11 is 1.66. The van der Waals surface area contributed by atoms with E-state index in [0.717, 1.165) is 54.8 Å². The summed E-state index contributed by atoms with van der Waals surface area (Å²) in [4.78, 5) is 26.0. The van der Waals surface area contributed by atoms with Crippen molar-refractivity contribution in [2.45, 2.75) is 43.4 Å². The van der Waals surface area contributed by atoms with Crippen LogP contribution in [0.4, 0.5) is 5.69 Å². The van der Waals surface area contributed by atoms with Crippen LogP contribution < -0.4 is 10.2 Å². The lowest BCUT2D eigenvalue weighted by atomic mass is 10.2. The van der Waals surface area contributed by atoms with E-state index in [1.165, 1.54) is 0 Å². The molecule has 3 heterocycles. The second kappa shape index (κ2) is 9.61. The quantitative estimate of drug-likeness (QED) is 0.647. The van der Waals surface area contributed by atoms with E-state index >= 15 is 0 Å². The molecule has 2 saturated heterocycles. The molecule has 0 bridgehead atoms. The predicted octanol–water partition coefficient (Wildman–Crippen LogP) is 2.19. The molecule has 0 aliphatic carbocycles. The first-order valence-corrected chi connectivity index (χ1v) is 11.4. The van der Waals surface area contributed by atoms with Gasteiger partial charge in [-0.25, -0.2) is 0 Å². The Balaban J connectivity index is 1.25. The van der Waals surface area contributed by atoms with Gasteiger partial charge in [0.05, 0.1) is 6.10 Å². The first-order valence-electron chi connectivity index (χ1n) is 10.4. The van der Waals surface area contributed by atoms with Gasteiger partial charge in [0.1, 0.15) is 5.82 Å². The zero-order valence-corrected chi connectivity index (χ0v) is 18.0. The molecule has 0 radical (unpaired) electrons. The normalized spacial score (nSPS) is 18.9. The SMILES string of the molecule is Cn1c(CCNC(=O)c2ccc(N3CCCC3=O)cc2)nnc1SC[C@@H]1CCCO1. The average Bonchev–Trinajstić information content (AvgIpc) is 3.50. The highest BCUT2D eigenvalue weighted by Gasteiger charge is 2.22. The fourth-order valence-electron chi connectivity index (χ4n) is 3.74. The summed E-state index contributed by atoms with van der Waals surface area (Å²) in [6.45, 7) is 2.08. The smallest absolute Gasteiger partial charge is 0.251 e. The third-order valence-electron chi connectivity index (χ3n) is 5.50. The van der Waals surface area contributed by atoms with E-state index in [0.29, 0.717) is 31.1 Å². The van der Waals surface area contributed by atoms with Crippen molar-refractivity contribution in [3.05, 3.63) is 35.7 Å². The Morgan fingerprint density at radius 2 is 2.10 bits per heavy atom. The van der Waals surface area contributed by atoms with Gasteiger partial charge in [0.2, 0.25) is 5.91 Å². The number of nitrogens with zero attached hydrogens (tertiary/aromatic N) is 4. The van der Waals surface area contributed by atoms with Gasteiger partial charge in [0.25, 0.3) is 5.91 Å². The Labute approximate surface area is 180 Å². The van der Waals surface area contributed by atoms with Crippen LogP contribution in [0.15, 0.2) is 29.4 Å². The third-order valence-corrected chi connectivity index (χ3v) is 6.65. The number of thioether (sulfide) groups is 1. The van der Waals surface area contributed by atoms with Gasteiger partial charge in [-0.1, -0.05) is 11.8 Å². The van der Waals surface area contributed by atoms with E-state index in [9.17, 15) is 9.59 Å². The summed E-state index contributed by atoms with van der Waals surface area (Å²) in [6, 6.07) is 7.19. The minimum Gasteiger partial charge on any atom is -0.377 e. The predicted molar refractivity (Wildman–Crippen MR) is 115 cm³/mol. The van der Waals surface area contributed by atoms with Crippen molar-refractivity contribution in [2.75, 3.05) is 30.3 Å². The molecule has 1 N–H and O–H groups in total. The molecule has 8 nitrogen and oxygen atoms in total. The first-order chi connectivity index (χ1) is 14.6. The second-order valence-electron chi connectivity index (χ2n) is 7.61. The van der Waals surface area contributed by atoms with E-state index in [2.05, 4.69) is 15.5 Å². The van der Waals surface area contributed by atoms with Crippen LogP contribution in [0.2, 0.25) is 0 Å². The zero-order valence-electron chi connectivity index (χ0n) is 17.2. The van der Waals surface area contributed by atoms with E-state index < -0.39 is 0 Å². The van der Waals surface area contributed by atoms with Gasteiger partial charge in [-0.3, -0.25) is 9.59 Å². The van der Waals surface area contributed by atoms with Crippen molar-refractivity contribution in [1.29, 1.82) is 0 Å². The molecule has 2 aromatic rings. The van der Waals surface area contributed by atoms with E-state index in [1.54, 1.807) is 28.8 Å². The number of nitrogens with one attached hydrogen (secondary N) is 1. The third kappa shape index (κ3) is 4.84. The van der Waals surface area contributed by atoms with Crippen molar-refractivity contribution < 1.29 is 14.3 Å². The van der Waals surface area contributed by atoms with Gasteiger partial charge in [0.15, 0.2) is 5.16 Å². The average molecular weight is 430 g/mol. The Morgan fingerprint density at radius 1 is 1.27 bits per heavy atom. The molecule has 2 amide bonds. The summed E-state index contributed by atoms with van der Waals surface area (Å²) in [7, 11) is 1.95. The maximum Gasteiger partial charge on any atom is 0.251 e. The number of carbonyl (C=O) groups excluding carboxylic acids is 2. The van der Waals surface area contributed by atoms with Crippen LogP contribution in [0, 0.1) is 0 Å². The van der Waals surface area contributed by atoms with Gasteiger partial charge in [-0.05, 0) is 43.5 Å². The highest BCUT2D eigenvalue weighted by Crippen LogP contribution is 2.23. The molecule has 0 spiro atoms. The van der Waals surface area contributed by atoms with Gasteiger partial charge < -0.3 is 19.5 Å². The zero-order chi connectivity index (χ0) is 20.9. The number of hydrogen-bond acceptors (Lipinski definition) is 6. The summed E-state index contributed by atoms with van der Waals surface area (Å²) in [5.41, 5.74) is 1.43. The minimum atomic E-state index is -0.135. The molecule has 160 valence electrons. The van der Waals surface area contributed by atoms with Crippen molar-refractivity contribution in [1.82, 2.24) is 20.1 Å². The number of anilines is 1. The monoisotopic (exact) mass is 429 g/mol. The summed E-state index contributed by atoms with van der Waals surface area (Å²) < 4.78 is 7.63. The Kier molecular flexibility index (Phi) is 6.69. The van der Waals surface area contributed by atoms with E-state index in [-0.39, 0.29) is 11.8 Å². The summed E-state index contributed by atoms with van der Waals surface area (Å²) in [5.74, 6) is 1.74. The van der Waals surface area contributed by atoms with Crippen molar-refractivity contribution in [2.24, 2.45) is 7.05 Å². The number of hydrogen-bond donors (Lipinski definition) is 1. The number of benzene rings is 1. The molecular formula is C21H27N5O3S. The molecule has 4 rings (SSSR count). The van der Waals surface area contributed by atoms with Crippen LogP contribution >= 0.6 is 11.8 Å². The number of rotatable bonds is 8. The van der Waals surface area contributed by atoms with Gasteiger partial charge >= 0.3 is 0 Å². The number of amides is 2. The molecule has 9 heteroatoms. The lowest BCUT2D eigenvalue weighted by molar-refractivity contribution is -0.117. The topological polar surface area (TPSA) is 89.4 Å². The number of aromatic nitrogens is 3. The van der Waals surface area contributed by atoms with Crippen LogP contribution in [0.3, 0.4) is 0 Å². The van der Waals surface area contributed by atoms with E-state index in [4.69, 9.17) is 4.74 Å². The van der Waals surface area contributed by atoms with Crippen LogP contribution in [0.25, 0.3) is 0 Å². The molecule has 0 unspecified atom stereocenters. The lowest BCUT2D eigenvalue weighted by Crippen LogP contribution is -2.27. The molecule has 1 atom stereocenters. The van der Waals surface area contributed by atoms with Crippen molar-refractivity contribution in [3.63, 3.8) is 0 Å². The van der Waals surface area contributed by atoms with Gasteiger partial charge in [0, 0.05) is 56.6 Å². The fraction of sp³-hybridized carbons (Fsp3) is 0.524. The van der Waals surface area contributed by atoms with Crippen molar-refractivity contribution >= 4 is 29.3 Å². The second-order valence-corrected chi connectivity index (χ2v) is 8.59. The maximum atomic E-state index is 12.4. The van der Waals surface area contributed by atoms with Gasteiger partial charge in [-0.2, -0.15) is 0 Å². The van der Waals surface area contributed by atoms with E-state index in [1.807, 2.05) is 23.7 Å². The molecule has 1 aromatic carbocycles. The first kappa shape index (κ1) is 20.9. The molecule has 2 aliphatic heterocycles. The van der Waals surface area contributed by atoms with Crippen LogP contribution in [0.1, 0.15) is 41.9 Å². The van der Waals surface area contributed by atoms with Crippen molar-refractivity contribution in [3.8, 4) is 0 Å². The molecule has 1 aromatic heterocycles. The molecule has 2 aliphatic rings. The molecule has 30 heavy (non-hydrogen) atoms. The minimum absolute atomic E-state index is 0.135. The summed E-state index contributed by atoms with van der Waals surface area (Å²) in [6.07, 6.45) is 4.64. The molecule has 2 fully saturated rings. The standard InChI is InChI=1S/C21H27N5O3S/c1-25-18(23-24-21(25)30-14-17-4-3-13-29-17)10-11-22-20(28)15-6-8-16(9-7-15)26-12-2-5-19(26)27/h6-9,17H,2-5,10-14H2,1H3,(H,22,28)/t17-/m0/s1.